The van der Waals surface area contributed by atoms with Crippen molar-refractivity contribution in [2.45, 2.75) is 92.0 Å². The molecule has 206 valence electrons. The van der Waals surface area contributed by atoms with Crippen LogP contribution < -0.4 is 10.6 Å². The highest BCUT2D eigenvalue weighted by molar-refractivity contribution is 5.99. The molecule has 0 bridgehead atoms. The maximum Gasteiger partial charge on any atom is 0.408 e. The Labute approximate surface area is 227 Å². The van der Waals surface area contributed by atoms with Crippen molar-refractivity contribution in [3.63, 3.8) is 0 Å². The highest BCUT2D eigenvalue weighted by Gasteiger charge is 2.48. The summed E-state index contributed by atoms with van der Waals surface area (Å²) in [6.07, 6.45) is 0.582. The standard InChI is InChI=1S/C31H43N3O4/c1-19(2)17-25(33-30(37)38-31(6,7)8)29(36)34(26-18-22(26)5)27(23-15-13-20(3)14-16-23)28(35)32-24-12-10-9-11-21(24)4/h9-16,19,22,25-27H,17-18H2,1-8H3,(H,32,35)(H,33,37). The van der Waals surface area contributed by atoms with E-state index in [0.717, 1.165) is 23.1 Å². The van der Waals surface area contributed by atoms with Crippen LogP contribution in [0, 0.1) is 25.7 Å². The first-order valence-electron chi connectivity index (χ1n) is 13.5. The normalized spacial score (nSPS) is 18.3. The minimum absolute atomic E-state index is 0.105. The van der Waals surface area contributed by atoms with Gasteiger partial charge in [-0.1, -0.05) is 68.8 Å². The number of anilines is 1. The number of amides is 3. The van der Waals surface area contributed by atoms with Crippen molar-refractivity contribution < 1.29 is 19.1 Å². The van der Waals surface area contributed by atoms with Crippen molar-refractivity contribution in [3.05, 3.63) is 65.2 Å². The molecular weight excluding hydrogens is 478 g/mol. The smallest absolute Gasteiger partial charge is 0.408 e. The maximum absolute atomic E-state index is 14.3. The number of carbonyl (C=O) groups excluding carboxylic acids is 3. The molecule has 1 aliphatic rings. The van der Waals surface area contributed by atoms with Crippen molar-refractivity contribution >= 4 is 23.6 Å². The molecule has 38 heavy (non-hydrogen) atoms. The zero-order chi connectivity index (χ0) is 28.2. The van der Waals surface area contributed by atoms with Gasteiger partial charge in [0, 0.05) is 11.7 Å². The summed E-state index contributed by atoms with van der Waals surface area (Å²) in [5, 5.41) is 5.87. The van der Waals surface area contributed by atoms with Crippen molar-refractivity contribution in [1.29, 1.82) is 0 Å². The van der Waals surface area contributed by atoms with Crippen LogP contribution in [0.4, 0.5) is 10.5 Å². The molecule has 7 heteroatoms. The Bertz CT molecular complexity index is 1140. The van der Waals surface area contributed by atoms with E-state index in [0.29, 0.717) is 12.1 Å². The van der Waals surface area contributed by atoms with Gasteiger partial charge in [-0.15, -0.1) is 0 Å². The van der Waals surface area contributed by atoms with Crippen LogP contribution in [0.3, 0.4) is 0 Å². The Kier molecular flexibility index (Phi) is 9.23. The molecule has 0 heterocycles. The van der Waals surface area contributed by atoms with Crippen LogP contribution in [-0.4, -0.2) is 40.5 Å². The molecule has 1 aliphatic carbocycles. The van der Waals surface area contributed by atoms with Crippen LogP contribution in [0.1, 0.15) is 77.1 Å². The third kappa shape index (κ3) is 7.83. The van der Waals surface area contributed by atoms with E-state index >= 15 is 0 Å². The first-order valence-corrected chi connectivity index (χ1v) is 13.5. The second-order valence-corrected chi connectivity index (χ2v) is 12.0. The Balaban J connectivity index is 2.02. The van der Waals surface area contributed by atoms with E-state index in [1.807, 2.05) is 76.2 Å². The Morgan fingerprint density at radius 1 is 1.03 bits per heavy atom. The summed E-state index contributed by atoms with van der Waals surface area (Å²) in [5.41, 5.74) is 2.74. The van der Waals surface area contributed by atoms with Crippen LogP contribution in [0.5, 0.6) is 0 Å². The molecule has 4 unspecified atom stereocenters. The van der Waals surface area contributed by atoms with Crippen molar-refractivity contribution in [2.75, 3.05) is 5.32 Å². The van der Waals surface area contributed by atoms with E-state index < -0.39 is 23.8 Å². The summed E-state index contributed by atoms with van der Waals surface area (Å²) >= 11 is 0. The number of hydrogen-bond acceptors (Lipinski definition) is 4. The van der Waals surface area contributed by atoms with Crippen LogP contribution in [0.15, 0.2) is 48.5 Å². The number of para-hydroxylation sites is 1. The maximum atomic E-state index is 14.3. The third-order valence-electron chi connectivity index (χ3n) is 6.70. The number of carbonyl (C=O) groups is 3. The summed E-state index contributed by atoms with van der Waals surface area (Å²) in [7, 11) is 0. The van der Waals surface area contributed by atoms with Gasteiger partial charge in [-0.05, 0) is 76.5 Å². The summed E-state index contributed by atoms with van der Waals surface area (Å²) in [5.74, 6) is -0.170. The van der Waals surface area contributed by atoms with E-state index in [-0.39, 0.29) is 29.7 Å². The molecule has 0 radical (unpaired) electrons. The minimum Gasteiger partial charge on any atom is -0.444 e. The lowest BCUT2D eigenvalue weighted by atomic mass is 9.98. The quantitative estimate of drug-likeness (QED) is 0.414. The van der Waals surface area contributed by atoms with Gasteiger partial charge in [0.15, 0.2) is 0 Å². The van der Waals surface area contributed by atoms with Crippen molar-refractivity contribution in [3.8, 4) is 0 Å². The summed E-state index contributed by atoms with van der Waals surface area (Å²) in [6, 6.07) is 13.5. The number of alkyl carbamates (subject to hydrolysis) is 1. The lowest BCUT2D eigenvalue weighted by Crippen LogP contribution is -2.53. The van der Waals surface area contributed by atoms with E-state index in [1.165, 1.54) is 0 Å². The zero-order valence-corrected chi connectivity index (χ0v) is 24.0. The Morgan fingerprint density at radius 3 is 2.16 bits per heavy atom. The molecule has 7 nitrogen and oxygen atoms in total. The van der Waals surface area contributed by atoms with Crippen LogP contribution in [0.2, 0.25) is 0 Å². The fourth-order valence-corrected chi connectivity index (χ4v) is 4.60. The molecule has 2 N–H and O–H groups in total. The number of rotatable bonds is 9. The van der Waals surface area contributed by atoms with E-state index in [9.17, 15) is 14.4 Å². The van der Waals surface area contributed by atoms with Gasteiger partial charge >= 0.3 is 6.09 Å². The molecule has 3 rings (SSSR count). The number of nitrogens with zero attached hydrogens (tertiary/aromatic N) is 1. The molecule has 0 saturated heterocycles. The average molecular weight is 522 g/mol. The summed E-state index contributed by atoms with van der Waals surface area (Å²) in [4.78, 5) is 42.7. The number of hydrogen-bond donors (Lipinski definition) is 2. The van der Waals surface area contributed by atoms with E-state index in [2.05, 4.69) is 17.6 Å². The van der Waals surface area contributed by atoms with Crippen LogP contribution in [0.25, 0.3) is 0 Å². The molecular formula is C31H43N3O4. The van der Waals surface area contributed by atoms with Gasteiger partial charge in [0.05, 0.1) is 0 Å². The van der Waals surface area contributed by atoms with Gasteiger partial charge in [-0.3, -0.25) is 9.59 Å². The van der Waals surface area contributed by atoms with Crippen LogP contribution in [-0.2, 0) is 14.3 Å². The first-order chi connectivity index (χ1) is 17.8. The van der Waals surface area contributed by atoms with Gasteiger partial charge in [-0.2, -0.15) is 0 Å². The molecule has 0 aliphatic heterocycles. The van der Waals surface area contributed by atoms with Gasteiger partial charge in [0.1, 0.15) is 17.7 Å². The highest BCUT2D eigenvalue weighted by Crippen LogP contribution is 2.41. The number of aryl methyl sites for hydroxylation is 2. The molecule has 0 aromatic heterocycles. The third-order valence-corrected chi connectivity index (χ3v) is 6.70. The predicted molar refractivity (Wildman–Crippen MR) is 151 cm³/mol. The summed E-state index contributed by atoms with van der Waals surface area (Å²) in [6.45, 7) is 15.4. The largest absolute Gasteiger partial charge is 0.444 e. The number of ether oxygens (including phenoxy) is 1. The van der Waals surface area contributed by atoms with Gasteiger partial charge in [-0.25, -0.2) is 4.79 Å². The number of nitrogens with one attached hydrogen (secondary N) is 2. The second kappa shape index (κ2) is 12.0. The van der Waals surface area contributed by atoms with Gasteiger partial charge in [0.25, 0.3) is 5.91 Å². The Morgan fingerprint density at radius 2 is 1.63 bits per heavy atom. The molecule has 1 saturated carbocycles. The van der Waals surface area contributed by atoms with E-state index in [4.69, 9.17) is 4.74 Å². The fraction of sp³-hybridized carbons (Fsp3) is 0.516. The second-order valence-electron chi connectivity index (χ2n) is 12.0. The lowest BCUT2D eigenvalue weighted by Gasteiger charge is -2.35. The SMILES string of the molecule is Cc1ccc(C(C(=O)Nc2ccccc2C)N(C(=O)C(CC(C)C)NC(=O)OC(C)(C)C)C2CC2C)cc1. The Hall–Kier alpha value is -3.35. The van der Waals surface area contributed by atoms with Gasteiger partial charge < -0.3 is 20.3 Å². The lowest BCUT2D eigenvalue weighted by molar-refractivity contribution is -0.142. The molecule has 4 atom stereocenters. The van der Waals surface area contributed by atoms with Crippen molar-refractivity contribution in [1.82, 2.24) is 10.2 Å². The predicted octanol–water partition coefficient (Wildman–Crippen LogP) is 6.16. The molecule has 1 fully saturated rings. The monoisotopic (exact) mass is 521 g/mol. The fourth-order valence-electron chi connectivity index (χ4n) is 4.60. The zero-order valence-electron chi connectivity index (χ0n) is 24.0. The minimum atomic E-state index is -0.854. The molecule has 0 spiro atoms. The summed E-state index contributed by atoms with van der Waals surface area (Å²) < 4.78 is 5.47. The van der Waals surface area contributed by atoms with Crippen molar-refractivity contribution in [2.24, 2.45) is 11.8 Å². The highest BCUT2D eigenvalue weighted by atomic mass is 16.6. The van der Waals surface area contributed by atoms with Crippen LogP contribution >= 0.6 is 0 Å². The molecule has 3 amide bonds. The molecule has 2 aromatic rings. The average Bonchev–Trinajstić information content (AvgIpc) is 3.53. The first kappa shape index (κ1) is 29.2. The van der Waals surface area contributed by atoms with Gasteiger partial charge in [0.2, 0.25) is 5.91 Å². The topological polar surface area (TPSA) is 87.7 Å². The van der Waals surface area contributed by atoms with E-state index in [1.54, 1.807) is 25.7 Å². The number of benzene rings is 2. The molecule has 2 aromatic carbocycles.